The van der Waals surface area contributed by atoms with E-state index in [0.717, 1.165) is 0 Å². The molecule has 0 bridgehead atoms. The van der Waals surface area contributed by atoms with E-state index >= 15 is 0 Å². The molecule has 0 radical (unpaired) electrons. The SMILES string of the molecule is C#CCNC(=O)OCCO. The van der Waals surface area contributed by atoms with Crippen molar-refractivity contribution >= 4 is 6.09 Å². The fourth-order valence-corrected chi connectivity index (χ4v) is 0.313. The van der Waals surface area contributed by atoms with Crippen molar-refractivity contribution in [1.29, 1.82) is 0 Å². The molecule has 0 heterocycles. The number of rotatable bonds is 3. The average Bonchev–Trinajstić information content (AvgIpc) is 1.97. The van der Waals surface area contributed by atoms with Crippen LogP contribution in [0.25, 0.3) is 0 Å². The van der Waals surface area contributed by atoms with Crippen LogP contribution in [-0.4, -0.2) is 31.0 Å². The highest BCUT2D eigenvalue weighted by Gasteiger charge is 1.96. The molecule has 0 aliphatic rings. The standard InChI is InChI=1S/C6H9NO3/c1-2-3-7-6(9)10-5-4-8/h1,8H,3-5H2,(H,7,9). The molecular formula is C6H9NO3. The molecule has 0 atom stereocenters. The number of alkyl carbamates (subject to hydrolysis) is 1. The van der Waals surface area contributed by atoms with Crippen molar-refractivity contribution in [1.82, 2.24) is 5.32 Å². The zero-order chi connectivity index (χ0) is 7.82. The van der Waals surface area contributed by atoms with Gasteiger partial charge in [0.05, 0.1) is 13.2 Å². The lowest BCUT2D eigenvalue weighted by Crippen LogP contribution is -2.25. The Morgan fingerprint density at radius 1 is 1.80 bits per heavy atom. The molecule has 56 valence electrons. The highest BCUT2D eigenvalue weighted by Crippen LogP contribution is 1.74. The topological polar surface area (TPSA) is 58.6 Å². The first-order valence-electron chi connectivity index (χ1n) is 2.76. The van der Waals surface area contributed by atoms with Crippen LogP contribution in [0.4, 0.5) is 4.79 Å². The molecule has 4 nitrogen and oxygen atoms in total. The molecule has 1 amide bonds. The number of carbonyl (C=O) groups excluding carboxylic acids is 1. The highest BCUT2D eigenvalue weighted by atomic mass is 16.6. The summed E-state index contributed by atoms with van der Waals surface area (Å²) in [6.07, 6.45) is 4.23. The van der Waals surface area contributed by atoms with Crippen LogP contribution in [-0.2, 0) is 4.74 Å². The van der Waals surface area contributed by atoms with Gasteiger partial charge in [0.25, 0.3) is 0 Å². The maximum Gasteiger partial charge on any atom is 0.407 e. The smallest absolute Gasteiger partial charge is 0.407 e. The lowest BCUT2D eigenvalue weighted by atomic mass is 10.7. The summed E-state index contributed by atoms with van der Waals surface area (Å²) in [7, 11) is 0. The summed E-state index contributed by atoms with van der Waals surface area (Å²) in [4.78, 5) is 10.4. The first-order chi connectivity index (χ1) is 4.81. The van der Waals surface area contributed by atoms with Crippen LogP contribution in [0.15, 0.2) is 0 Å². The normalized spacial score (nSPS) is 8.00. The van der Waals surface area contributed by atoms with Crippen LogP contribution >= 0.6 is 0 Å². The van der Waals surface area contributed by atoms with Crippen LogP contribution in [0.3, 0.4) is 0 Å². The Bertz CT molecular complexity index is 138. The van der Waals surface area contributed by atoms with Gasteiger partial charge in [-0.2, -0.15) is 0 Å². The molecular weight excluding hydrogens is 134 g/mol. The predicted octanol–water partition coefficient (Wildman–Crippen LogP) is -0.662. The van der Waals surface area contributed by atoms with Gasteiger partial charge in [0.15, 0.2) is 0 Å². The third kappa shape index (κ3) is 4.94. The second kappa shape index (κ2) is 5.92. The number of terminal acetylenes is 1. The van der Waals surface area contributed by atoms with Crippen molar-refractivity contribution in [2.45, 2.75) is 0 Å². The second-order valence-electron chi connectivity index (χ2n) is 1.42. The summed E-state index contributed by atoms with van der Waals surface area (Å²) in [6, 6.07) is 0. The molecule has 0 aliphatic heterocycles. The Morgan fingerprint density at radius 2 is 2.50 bits per heavy atom. The largest absolute Gasteiger partial charge is 0.447 e. The first-order valence-corrected chi connectivity index (χ1v) is 2.76. The Morgan fingerprint density at radius 3 is 3.00 bits per heavy atom. The Hall–Kier alpha value is -1.21. The van der Waals surface area contributed by atoms with Gasteiger partial charge in [0.1, 0.15) is 6.61 Å². The van der Waals surface area contributed by atoms with Gasteiger partial charge in [-0.05, 0) is 0 Å². The minimum atomic E-state index is -0.605. The molecule has 0 aromatic heterocycles. The van der Waals surface area contributed by atoms with Gasteiger partial charge in [0, 0.05) is 0 Å². The third-order valence-corrected chi connectivity index (χ3v) is 0.659. The molecule has 0 aromatic carbocycles. The fourth-order valence-electron chi connectivity index (χ4n) is 0.313. The quantitative estimate of drug-likeness (QED) is 0.515. The van der Waals surface area contributed by atoms with Crippen molar-refractivity contribution in [2.24, 2.45) is 0 Å². The van der Waals surface area contributed by atoms with Gasteiger partial charge >= 0.3 is 6.09 Å². The molecule has 4 heteroatoms. The van der Waals surface area contributed by atoms with E-state index in [0.29, 0.717) is 0 Å². The third-order valence-electron chi connectivity index (χ3n) is 0.659. The number of hydrogen-bond acceptors (Lipinski definition) is 3. The number of nitrogens with one attached hydrogen (secondary N) is 1. The van der Waals surface area contributed by atoms with Crippen LogP contribution in [0.1, 0.15) is 0 Å². The molecule has 0 aliphatic carbocycles. The van der Waals surface area contributed by atoms with E-state index < -0.39 is 6.09 Å². The van der Waals surface area contributed by atoms with E-state index in [-0.39, 0.29) is 19.8 Å². The maximum atomic E-state index is 10.4. The fraction of sp³-hybridized carbons (Fsp3) is 0.500. The Balaban J connectivity index is 3.19. The van der Waals surface area contributed by atoms with E-state index in [1.54, 1.807) is 0 Å². The Kier molecular flexibility index (Phi) is 5.20. The van der Waals surface area contributed by atoms with E-state index in [4.69, 9.17) is 11.5 Å². The zero-order valence-corrected chi connectivity index (χ0v) is 5.46. The molecule has 0 saturated carbocycles. The number of aliphatic hydroxyl groups excluding tert-OH is 1. The Labute approximate surface area is 59.2 Å². The lowest BCUT2D eigenvalue weighted by Gasteiger charge is -2.00. The summed E-state index contributed by atoms with van der Waals surface area (Å²) in [6.45, 7) is -0.0376. The van der Waals surface area contributed by atoms with Gasteiger partial charge in [0.2, 0.25) is 0 Å². The lowest BCUT2D eigenvalue weighted by molar-refractivity contribution is 0.120. The van der Waals surface area contributed by atoms with E-state index in [1.807, 2.05) is 0 Å². The minimum Gasteiger partial charge on any atom is -0.447 e. The van der Waals surface area contributed by atoms with Gasteiger partial charge in [-0.3, -0.25) is 0 Å². The summed E-state index contributed by atoms with van der Waals surface area (Å²) in [5.74, 6) is 2.20. The molecule has 0 saturated heterocycles. The number of carbonyl (C=O) groups is 1. The van der Waals surface area contributed by atoms with E-state index in [9.17, 15) is 4.79 Å². The van der Waals surface area contributed by atoms with E-state index in [2.05, 4.69) is 16.0 Å². The molecule has 0 aromatic rings. The van der Waals surface area contributed by atoms with Crippen LogP contribution in [0, 0.1) is 12.3 Å². The predicted molar refractivity (Wildman–Crippen MR) is 35.3 cm³/mol. The van der Waals surface area contributed by atoms with Crippen molar-refractivity contribution < 1.29 is 14.6 Å². The van der Waals surface area contributed by atoms with Crippen molar-refractivity contribution in [3.8, 4) is 12.3 Å². The molecule has 0 unspecified atom stereocenters. The number of aliphatic hydroxyl groups is 1. The van der Waals surface area contributed by atoms with Gasteiger partial charge in [-0.15, -0.1) is 6.42 Å². The molecule has 10 heavy (non-hydrogen) atoms. The monoisotopic (exact) mass is 143 g/mol. The van der Waals surface area contributed by atoms with Crippen molar-refractivity contribution in [3.05, 3.63) is 0 Å². The second-order valence-corrected chi connectivity index (χ2v) is 1.42. The van der Waals surface area contributed by atoms with Gasteiger partial charge in [-0.25, -0.2) is 4.79 Å². The summed E-state index contributed by atoms with van der Waals surface area (Å²) >= 11 is 0. The van der Waals surface area contributed by atoms with Gasteiger partial charge < -0.3 is 15.2 Å². The number of hydrogen-bond donors (Lipinski definition) is 2. The number of amides is 1. The maximum absolute atomic E-state index is 10.4. The van der Waals surface area contributed by atoms with Crippen LogP contribution < -0.4 is 5.32 Å². The van der Waals surface area contributed by atoms with Crippen LogP contribution in [0.2, 0.25) is 0 Å². The molecule has 2 N–H and O–H groups in total. The van der Waals surface area contributed by atoms with E-state index in [1.165, 1.54) is 0 Å². The van der Waals surface area contributed by atoms with Gasteiger partial charge in [-0.1, -0.05) is 5.92 Å². The summed E-state index contributed by atoms with van der Waals surface area (Å²) in [5.41, 5.74) is 0. The number of ether oxygens (including phenoxy) is 1. The molecule has 0 rings (SSSR count). The first kappa shape index (κ1) is 8.79. The van der Waals surface area contributed by atoms with Crippen molar-refractivity contribution in [3.63, 3.8) is 0 Å². The van der Waals surface area contributed by atoms with Crippen molar-refractivity contribution in [2.75, 3.05) is 19.8 Å². The summed E-state index contributed by atoms with van der Waals surface area (Å²) < 4.78 is 4.40. The highest BCUT2D eigenvalue weighted by molar-refractivity contribution is 5.67. The average molecular weight is 143 g/mol. The van der Waals surface area contributed by atoms with Crippen LogP contribution in [0.5, 0.6) is 0 Å². The zero-order valence-electron chi connectivity index (χ0n) is 5.46. The molecule has 0 spiro atoms. The minimum absolute atomic E-state index is 0.00357. The molecule has 0 fully saturated rings. The summed E-state index contributed by atoms with van der Waals surface area (Å²) in [5, 5.41) is 10.5.